The number of benzene rings is 2. The summed E-state index contributed by atoms with van der Waals surface area (Å²) < 4.78 is 0. The highest BCUT2D eigenvalue weighted by molar-refractivity contribution is 6.30. The number of phenolic OH excluding ortho intramolecular Hbond substituents is 1. The molecule has 1 aliphatic heterocycles. The van der Waals surface area contributed by atoms with Crippen LogP contribution in [0.3, 0.4) is 0 Å². The van der Waals surface area contributed by atoms with Crippen LogP contribution in [0, 0.1) is 13.8 Å². The van der Waals surface area contributed by atoms with Crippen LogP contribution in [0.4, 0.5) is 0 Å². The van der Waals surface area contributed by atoms with Crippen LogP contribution in [0.5, 0.6) is 5.75 Å². The Morgan fingerprint density at radius 3 is 2.68 bits per heavy atom. The smallest absolute Gasteiger partial charge is 0.273 e. The molecule has 0 fully saturated rings. The number of fused-ring (bicyclic) bond motifs is 1. The van der Waals surface area contributed by atoms with Crippen LogP contribution in [0.25, 0.3) is 11.3 Å². The third-order valence-corrected chi connectivity index (χ3v) is 5.33. The molecule has 5 nitrogen and oxygen atoms in total. The van der Waals surface area contributed by atoms with E-state index in [2.05, 4.69) is 16.8 Å². The molecular weight excluding hydrogens is 374 g/mol. The average molecular weight is 394 g/mol. The molecule has 1 aromatic heterocycles. The van der Waals surface area contributed by atoms with Crippen LogP contribution in [-0.2, 0) is 0 Å². The Bertz CT molecular complexity index is 1090. The van der Waals surface area contributed by atoms with Gasteiger partial charge in [-0.3, -0.25) is 9.89 Å². The summed E-state index contributed by atoms with van der Waals surface area (Å²) in [7, 11) is 0. The van der Waals surface area contributed by atoms with E-state index in [-0.39, 0.29) is 17.7 Å². The minimum absolute atomic E-state index is 0.141. The number of aryl methyl sites for hydroxylation is 2. The summed E-state index contributed by atoms with van der Waals surface area (Å²) in [5.41, 5.74) is 5.09. The molecule has 6 heteroatoms. The van der Waals surface area contributed by atoms with E-state index in [0.717, 1.165) is 22.3 Å². The van der Waals surface area contributed by atoms with Crippen molar-refractivity contribution >= 4 is 17.5 Å². The van der Waals surface area contributed by atoms with Crippen LogP contribution in [0.15, 0.2) is 49.1 Å². The molecule has 0 saturated carbocycles. The van der Waals surface area contributed by atoms with Gasteiger partial charge in [0.2, 0.25) is 0 Å². The van der Waals surface area contributed by atoms with E-state index in [9.17, 15) is 9.90 Å². The number of rotatable bonds is 4. The number of halogens is 1. The van der Waals surface area contributed by atoms with Gasteiger partial charge in [-0.25, -0.2) is 0 Å². The summed E-state index contributed by atoms with van der Waals surface area (Å²) in [6, 6.07) is 10.9. The van der Waals surface area contributed by atoms with Crippen LogP contribution >= 0.6 is 11.6 Å². The molecule has 0 saturated heterocycles. The predicted octanol–water partition coefficient (Wildman–Crippen LogP) is 4.78. The van der Waals surface area contributed by atoms with Gasteiger partial charge >= 0.3 is 0 Å². The lowest BCUT2D eigenvalue weighted by Crippen LogP contribution is -2.29. The monoisotopic (exact) mass is 393 g/mol. The van der Waals surface area contributed by atoms with E-state index in [1.807, 2.05) is 38.1 Å². The summed E-state index contributed by atoms with van der Waals surface area (Å²) in [5, 5.41) is 18.6. The molecule has 0 aliphatic carbocycles. The van der Waals surface area contributed by atoms with E-state index in [1.54, 1.807) is 23.1 Å². The van der Waals surface area contributed by atoms with Gasteiger partial charge in [-0.05, 0) is 48.7 Å². The Morgan fingerprint density at radius 2 is 2.00 bits per heavy atom. The molecule has 0 spiro atoms. The molecule has 1 aliphatic rings. The molecule has 2 heterocycles. The van der Waals surface area contributed by atoms with Gasteiger partial charge in [0.1, 0.15) is 17.1 Å². The first-order valence-electron chi connectivity index (χ1n) is 8.98. The summed E-state index contributed by atoms with van der Waals surface area (Å²) in [5.74, 6) is 0.0295. The molecular formula is C22H20ClN3O2. The second kappa shape index (κ2) is 6.84. The molecule has 0 bridgehead atoms. The lowest BCUT2D eigenvalue weighted by atomic mass is 9.94. The zero-order chi connectivity index (χ0) is 20.0. The second-order valence-corrected chi connectivity index (χ2v) is 7.48. The maximum absolute atomic E-state index is 13.0. The fourth-order valence-electron chi connectivity index (χ4n) is 3.86. The molecule has 28 heavy (non-hydrogen) atoms. The van der Waals surface area contributed by atoms with Crippen molar-refractivity contribution in [2.45, 2.75) is 19.9 Å². The number of phenols is 1. The van der Waals surface area contributed by atoms with Crippen LogP contribution in [-0.4, -0.2) is 32.7 Å². The third-order valence-electron chi connectivity index (χ3n) is 5.08. The number of carbonyl (C=O) groups is 1. The normalized spacial score (nSPS) is 15.8. The van der Waals surface area contributed by atoms with Gasteiger partial charge in [0.25, 0.3) is 5.91 Å². The zero-order valence-electron chi connectivity index (χ0n) is 15.7. The first-order valence-corrected chi connectivity index (χ1v) is 9.36. The van der Waals surface area contributed by atoms with E-state index in [4.69, 9.17) is 11.6 Å². The zero-order valence-corrected chi connectivity index (χ0v) is 16.4. The van der Waals surface area contributed by atoms with Crippen molar-refractivity contribution in [2.75, 3.05) is 6.54 Å². The van der Waals surface area contributed by atoms with Gasteiger partial charge in [0.15, 0.2) is 0 Å². The van der Waals surface area contributed by atoms with Gasteiger partial charge < -0.3 is 10.0 Å². The molecule has 1 unspecified atom stereocenters. The van der Waals surface area contributed by atoms with Crippen LogP contribution in [0.2, 0.25) is 5.02 Å². The molecule has 2 aromatic carbocycles. The molecule has 4 rings (SSSR count). The standard InChI is InChI=1S/C22H20ClN3O2/c1-4-9-26-20(14-5-7-15(23)8-6-14)17-18(24-25-19(17)22(26)28)16-11-12(2)10-13(3)21(16)27/h4-8,10-11,20,27H,1,9H2,2-3H3,(H,24,25). The Hall–Kier alpha value is -3.05. The van der Waals surface area contributed by atoms with E-state index in [1.165, 1.54) is 0 Å². The lowest BCUT2D eigenvalue weighted by molar-refractivity contribution is 0.0764. The number of hydrogen-bond acceptors (Lipinski definition) is 3. The summed E-state index contributed by atoms with van der Waals surface area (Å²) in [4.78, 5) is 14.8. The highest BCUT2D eigenvalue weighted by Gasteiger charge is 2.42. The van der Waals surface area contributed by atoms with Gasteiger partial charge in [0, 0.05) is 22.7 Å². The van der Waals surface area contributed by atoms with E-state index in [0.29, 0.717) is 28.5 Å². The van der Waals surface area contributed by atoms with Crippen molar-refractivity contribution < 1.29 is 9.90 Å². The number of amides is 1. The van der Waals surface area contributed by atoms with Gasteiger partial charge in [-0.15, -0.1) is 6.58 Å². The number of H-pyrrole nitrogens is 1. The van der Waals surface area contributed by atoms with E-state index < -0.39 is 0 Å². The number of hydrogen-bond donors (Lipinski definition) is 2. The number of carbonyl (C=O) groups excluding carboxylic acids is 1. The van der Waals surface area contributed by atoms with Crippen LogP contribution < -0.4 is 0 Å². The van der Waals surface area contributed by atoms with Crippen molar-refractivity contribution in [3.8, 4) is 17.0 Å². The molecule has 142 valence electrons. The largest absolute Gasteiger partial charge is 0.507 e. The summed E-state index contributed by atoms with van der Waals surface area (Å²) >= 11 is 6.06. The van der Waals surface area contributed by atoms with Crippen molar-refractivity contribution in [1.82, 2.24) is 15.1 Å². The summed E-state index contributed by atoms with van der Waals surface area (Å²) in [6.07, 6.45) is 1.70. The topological polar surface area (TPSA) is 69.2 Å². The average Bonchev–Trinajstić information content (AvgIpc) is 3.19. The Morgan fingerprint density at radius 1 is 1.29 bits per heavy atom. The first kappa shape index (κ1) is 18.3. The van der Waals surface area contributed by atoms with Crippen molar-refractivity contribution in [3.05, 3.63) is 82.0 Å². The highest BCUT2D eigenvalue weighted by Crippen LogP contribution is 2.45. The van der Waals surface area contributed by atoms with Crippen molar-refractivity contribution in [3.63, 3.8) is 0 Å². The fraction of sp³-hybridized carbons (Fsp3) is 0.182. The number of aromatic hydroxyl groups is 1. The number of aromatic nitrogens is 2. The van der Waals surface area contributed by atoms with Gasteiger partial charge in [-0.2, -0.15) is 5.10 Å². The van der Waals surface area contributed by atoms with Gasteiger partial charge in [0.05, 0.1) is 6.04 Å². The first-order chi connectivity index (χ1) is 13.4. The third kappa shape index (κ3) is 2.79. The Labute approximate surface area is 168 Å². The fourth-order valence-corrected chi connectivity index (χ4v) is 3.99. The molecule has 0 radical (unpaired) electrons. The Kier molecular flexibility index (Phi) is 4.47. The lowest BCUT2D eigenvalue weighted by Gasteiger charge is -2.25. The number of nitrogens with zero attached hydrogens (tertiary/aromatic N) is 2. The van der Waals surface area contributed by atoms with Crippen molar-refractivity contribution in [2.24, 2.45) is 0 Å². The van der Waals surface area contributed by atoms with Crippen LogP contribution in [0.1, 0.15) is 38.8 Å². The molecule has 2 N–H and O–H groups in total. The van der Waals surface area contributed by atoms with Crippen molar-refractivity contribution in [1.29, 1.82) is 0 Å². The maximum Gasteiger partial charge on any atom is 0.273 e. The van der Waals surface area contributed by atoms with E-state index >= 15 is 0 Å². The number of nitrogens with one attached hydrogen (secondary N) is 1. The summed E-state index contributed by atoms with van der Waals surface area (Å²) in [6.45, 7) is 8.00. The predicted molar refractivity (Wildman–Crippen MR) is 110 cm³/mol. The van der Waals surface area contributed by atoms with Gasteiger partial charge in [-0.1, -0.05) is 35.9 Å². The highest BCUT2D eigenvalue weighted by atomic mass is 35.5. The second-order valence-electron chi connectivity index (χ2n) is 7.04. The molecule has 1 amide bonds. The Balaban J connectivity index is 1.95. The molecule has 3 aromatic rings. The minimum Gasteiger partial charge on any atom is -0.507 e. The quantitative estimate of drug-likeness (QED) is 0.626. The minimum atomic E-state index is -0.341. The molecule has 1 atom stereocenters. The maximum atomic E-state index is 13.0. The SMILES string of the molecule is C=CCN1C(=O)c2[nH]nc(-c3cc(C)cc(C)c3O)c2C1c1ccc(Cl)cc1. The number of aromatic amines is 1.